The minimum Gasteiger partial charge on any atom is -0.496 e. The Morgan fingerprint density at radius 2 is 2.15 bits per heavy atom. The average molecular weight is 389 g/mol. The first-order valence-electron chi connectivity index (χ1n) is 7.69. The molecule has 7 nitrogen and oxygen atoms in total. The van der Waals surface area contributed by atoms with Crippen LogP contribution in [0.2, 0.25) is 0 Å². The van der Waals surface area contributed by atoms with Crippen LogP contribution in [-0.4, -0.2) is 27.2 Å². The van der Waals surface area contributed by atoms with Crippen LogP contribution in [0.15, 0.2) is 53.0 Å². The standard InChI is InChI=1S/C17H15N3O4S2/c1-23-13-5-4-12(17-11(13)3-2-8-19-17)20-26(21,22)16-7-6-15(25-16)14-9-18-10-24-14/h2-9,18,20H,10H2,1H3. The number of fused-ring (bicyclic) bond motifs is 1. The van der Waals surface area contributed by atoms with Crippen molar-refractivity contribution in [3.63, 3.8) is 0 Å². The second kappa shape index (κ2) is 6.50. The Morgan fingerprint density at radius 3 is 2.92 bits per heavy atom. The van der Waals surface area contributed by atoms with Gasteiger partial charge in [-0.25, -0.2) is 8.42 Å². The van der Waals surface area contributed by atoms with Gasteiger partial charge in [-0.3, -0.25) is 9.71 Å². The minimum absolute atomic E-state index is 0.198. The Bertz CT molecular complexity index is 1110. The van der Waals surface area contributed by atoms with Crippen LogP contribution in [0.1, 0.15) is 4.88 Å². The molecule has 9 heteroatoms. The highest BCUT2D eigenvalue weighted by Gasteiger charge is 2.21. The molecule has 1 aliphatic heterocycles. The molecule has 2 N–H and O–H groups in total. The summed E-state index contributed by atoms with van der Waals surface area (Å²) >= 11 is 1.14. The molecule has 0 spiro atoms. The van der Waals surface area contributed by atoms with Gasteiger partial charge in [0.1, 0.15) is 9.96 Å². The van der Waals surface area contributed by atoms with Gasteiger partial charge in [0.15, 0.2) is 12.5 Å². The Balaban J connectivity index is 1.69. The molecule has 0 radical (unpaired) electrons. The number of nitrogens with zero attached hydrogens (tertiary/aromatic N) is 1. The van der Waals surface area contributed by atoms with Gasteiger partial charge in [-0.15, -0.1) is 11.3 Å². The average Bonchev–Trinajstić information content (AvgIpc) is 3.33. The van der Waals surface area contributed by atoms with E-state index in [1.165, 1.54) is 0 Å². The lowest BCUT2D eigenvalue weighted by atomic mass is 10.2. The third-order valence-electron chi connectivity index (χ3n) is 3.83. The molecule has 26 heavy (non-hydrogen) atoms. The van der Waals surface area contributed by atoms with Crippen molar-refractivity contribution < 1.29 is 17.9 Å². The van der Waals surface area contributed by atoms with Gasteiger partial charge in [0, 0.05) is 17.8 Å². The zero-order valence-corrected chi connectivity index (χ0v) is 15.4. The largest absolute Gasteiger partial charge is 0.496 e. The van der Waals surface area contributed by atoms with Crippen molar-refractivity contribution in [3.05, 3.63) is 53.7 Å². The maximum atomic E-state index is 12.8. The molecule has 0 fully saturated rings. The van der Waals surface area contributed by atoms with E-state index >= 15 is 0 Å². The Morgan fingerprint density at radius 1 is 1.27 bits per heavy atom. The van der Waals surface area contributed by atoms with Crippen LogP contribution in [0.3, 0.4) is 0 Å². The number of methoxy groups -OCH3 is 1. The van der Waals surface area contributed by atoms with Gasteiger partial charge >= 0.3 is 0 Å². The molecule has 2 aromatic heterocycles. The third kappa shape index (κ3) is 2.95. The number of pyridine rings is 1. The number of nitrogens with one attached hydrogen (secondary N) is 2. The lowest BCUT2D eigenvalue weighted by Gasteiger charge is -2.11. The molecule has 1 aromatic carbocycles. The first-order chi connectivity index (χ1) is 12.6. The fraction of sp³-hybridized carbons (Fsp3) is 0.118. The molecule has 0 amide bonds. The Labute approximate surface area is 154 Å². The molecular weight excluding hydrogens is 374 g/mol. The summed E-state index contributed by atoms with van der Waals surface area (Å²) in [6, 6.07) is 10.3. The predicted octanol–water partition coefficient (Wildman–Crippen LogP) is 2.98. The van der Waals surface area contributed by atoms with Gasteiger partial charge in [0.2, 0.25) is 0 Å². The van der Waals surface area contributed by atoms with Gasteiger partial charge in [0.05, 0.1) is 23.2 Å². The topological polar surface area (TPSA) is 89.5 Å². The number of rotatable bonds is 5. The van der Waals surface area contributed by atoms with E-state index < -0.39 is 10.0 Å². The van der Waals surface area contributed by atoms with E-state index in [1.807, 2.05) is 6.07 Å². The van der Waals surface area contributed by atoms with Crippen LogP contribution in [0.4, 0.5) is 5.69 Å². The van der Waals surface area contributed by atoms with Crippen LogP contribution in [0.25, 0.3) is 16.7 Å². The van der Waals surface area contributed by atoms with Crippen molar-refractivity contribution in [1.82, 2.24) is 10.3 Å². The van der Waals surface area contributed by atoms with Crippen LogP contribution in [0.5, 0.6) is 5.75 Å². The van der Waals surface area contributed by atoms with Crippen LogP contribution in [0, 0.1) is 0 Å². The normalized spacial score (nSPS) is 13.8. The van der Waals surface area contributed by atoms with Gasteiger partial charge in [-0.05, 0) is 36.4 Å². The molecule has 0 saturated carbocycles. The summed E-state index contributed by atoms with van der Waals surface area (Å²) in [5.74, 6) is 1.26. The summed E-state index contributed by atoms with van der Waals surface area (Å²) in [7, 11) is -2.19. The highest BCUT2D eigenvalue weighted by molar-refractivity contribution is 7.94. The third-order valence-corrected chi connectivity index (χ3v) is 6.78. The molecule has 0 atom stereocenters. The molecule has 3 aromatic rings. The van der Waals surface area contributed by atoms with E-state index in [0.29, 0.717) is 29.4 Å². The summed E-state index contributed by atoms with van der Waals surface area (Å²) in [4.78, 5) is 5.04. The number of thiophene rings is 1. The van der Waals surface area contributed by atoms with Crippen LogP contribution >= 0.6 is 11.3 Å². The number of benzene rings is 1. The number of sulfonamides is 1. The lowest BCUT2D eigenvalue weighted by Crippen LogP contribution is -2.12. The van der Waals surface area contributed by atoms with E-state index in [1.54, 1.807) is 49.8 Å². The zero-order chi connectivity index (χ0) is 18.1. The van der Waals surface area contributed by atoms with E-state index in [4.69, 9.17) is 9.47 Å². The fourth-order valence-electron chi connectivity index (χ4n) is 2.64. The summed E-state index contributed by atoms with van der Waals surface area (Å²) in [6.07, 6.45) is 3.33. The van der Waals surface area contributed by atoms with Crippen molar-refractivity contribution in [1.29, 1.82) is 0 Å². The Hall–Kier alpha value is -2.78. The van der Waals surface area contributed by atoms with Gasteiger partial charge in [0.25, 0.3) is 10.0 Å². The maximum absolute atomic E-state index is 12.8. The van der Waals surface area contributed by atoms with Gasteiger partial charge in [-0.1, -0.05) is 0 Å². The van der Waals surface area contributed by atoms with Crippen molar-refractivity contribution >= 4 is 43.7 Å². The van der Waals surface area contributed by atoms with Crippen LogP contribution in [-0.2, 0) is 14.8 Å². The van der Waals surface area contributed by atoms with E-state index in [0.717, 1.165) is 21.6 Å². The summed E-state index contributed by atoms with van der Waals surface area (Å²) < 4.78 is 39.1. The zero-order valence-electron chi connectivity index (χ0n) is 13.7. The first-order valence-corrected chi connectivity index (χ1v) is 9.99. The molecule has 4 rings (SSSR count). The maximum Gasteiger partial charge on any atom is 0.271 e. The SMILES string of the molecule is COc1ccc(NS(=O)(=O)c2ccc(C3=CNCO3)s2)c2ncccc12. The quantitative estimate of drug-likeness (QED) is 0.697. The molecule has 1 aliphatic rings. The lowest BCUT2D eigenvalue weighted by molar-refractivity contribution is 0.292. The second-order valence-corrected chi connectivity index (χ2v) is 8.43. The molecule has 134 valence electrons. The Kier molecular flexibility index (Phi) is 4.17. The summed E-state index contributed by atoms with van der Waals surface area (Å²) in [5.41, 5.74) is 0.924. The predicted molar refractivity (Wildman–Crippen MR) is 100 cm³/mol. The monoisotopic (exact) mass is 389 g/mol. The van der Waals surface area contributed by atoms with Crippen molar-refractivity contribution in [2.75, 3.05) is 18.6 Å². The number of hydrogen-bond donors (Lipinski definition) is 2. The number of anilines is 1. The molecule has 0 saturated heterocycles. The fourth-order valence-corrected chi connectivity index (χ4v) is 4.98. The summed E-state index contributed by atoms with van der Waals surface area (Å²) in [5, 5.41) is 3.66. The van der Waals surface area contributed by atoms with E-state index in [-0.39, 0.29) is 4.21 Å². The van der Waals surface area contributed by atoms with Crippen LogP contribution < -0.4 is 14.8 Å². The highest BCUT2D eigenvalue weighted by Crippen LogP contribution is 2.33. The summed E-state index contributed by atoms with van der Waals surface area (Å²) in [6.45, 7) is 0.386. The smallest absolute Gasteiger partial charge is 0.271 e. The first kappa shape index (κ1) is 16.7. The number of hydrogen-bond acceptors (Lipinski definition) is 7. The van der Waals surface area contributed by atoms with Gasteiger partial charge < -0.3 is 14.8 Å². The highest BCUT2D eigenvalue weighted by atomic mass is 32.2. The molecule has 0 bridgehead atoms. The minimum atomic E-state index is -3.75. The van der Waals surface area contributed by atoms with E-state index in [9.17, 15) is 8.42 Å². The second-order valence-electron chi connectivity index (χ2n) is 5.44. The molecule has 3 heterocycles. The van der Waals surface area contributed by atoms with Crippen molar-refractivity contribution in [2.24, 2.45) is 0 Å². The molecular formula is C17H15N3O4S2. The molecule has 0 unspecified atom stereocenters. The number of aromatic nitrogens is 1. The van der Waals surface area contributed by atoms with Crippen molar-refractivity contribution in [3.8, 4) is 5.75 Å². The number of ether oxygens (including phenoxy) is 2. The molecule has 0 aliphatic carbocycles. The van der Waals surface area contributed by atoms with Crippen molar-refractivity contribution in [2.45, 2.75) is 4.21 Å². The van der Waals surface area contributed by atoms with E-state index in [2.05, 4.69) is 15.0 Å². The van der Waals surface area contributed by atoms with Gasteiger partial charge in [-0.2, -0.15) is 0 Å².